The number of rotatable bonds is 8. The summed E-state index contributed by atoms with van der Waals surface area (Å²) in [5, 5.41) is 3.26. The van der Waals surface area contributed by atoms with Crippen molar-refractivity contribution < 1.29 is 0 Å². The maximum Gasteiger partial charge on any atom is 0.198 e. The fourth-order valence-electron chi connectivity index (χ4n) is 3.35. The van der Waals surface area contributed by atoms with Gasteiger partial charge in [0.15, 0.2) is 11.8 Å². The van der Waals surface area contributed by atoms with Crippen molar-refractivity contribution >= 4 is 23.3 Å². The number of aryl methyl sites for hydroxylation is 3. The van der Waals surface area contributed by atoms with E-state index in [0.29, 0.717) is 22.9 Å². The van der Waals surface area contributed by atoms with E-state index in [1.807, 2.05) is 0 Å². The van der Waals surface area contributed by atoms with E-state index in [-0.39, 0.29) is 5.82 Å². The highest BCUT2D eigenvalue weighted by Crippen LogP contribution is 2.18. The zero-order valence-corrected chi connectivity index (χ0v) is 17.4. The largest absolute Gasteiger partial charge is 0.382 e. The van der Waals surface area contributed by atoms with Crippen LogP contribution in [0.5, 0.6) is 0 Å². The highest BCUT2D eigenvalue weighted by Gasteiger charge is 2.19. The summed E-state index contributed by atoms with van der Waals surface area (Å²) in [6, 6.07) is 8.94. The lowest BCUT2D eigenvalue weighted by Gasteiger charge is -2.22. The molecule has 7 nitrogen and oxygen atoms in total. The molecule has 1 aromatic heterocycles. The average Bonchev–Trinajstić information content (AvgIpc) is 3.15. The quantitative estimate of drug-likeness (QED) is 0.596. The van der Waals surface area contributed by atoms with Gasteiger partial charge in [-0.3, -0.25) is 4.99 Å². The van der Waals surface area contributed by atoms with Crippen LogP contribution in [0.2, 0.25) is 0 Å². The van der Waals surface area contributed by atoms with Gasteiger partial charge < -0.3 is 21.7 Å². The molecule has 0 fully saturated rings. The topological polar surface area (TPSA) is 105 Å². The van der Waals surface area contributed by atoms with Gasteiger partial charge in [-0.05, 0) is 43.7 Å². The van der Waals surface area contributed by atoms with E-state index in [4.69, 9.17) is 11.5 Å². The van der Waals surface area contributed by atoms with E-state index in [1.54, 1.807) is 6.92 Å². The first-order chi connectivity index (χ1) is 14.0. The Labute approximate surface area is 172 Å². The first-order valence-corrected chi connectivity index (χ1v) is 10.2. The SMILES string of the molecule is C=C(NC1=NCCN1CCCCc1ccc(CC)cc1)c1nc(C)c(N)nc1N. The summed E-state index contributed by atoms with van der Waals surface area (Å²) in [4.78, 5) is 15.4. The number of nitrogens with two attached hydrogens (primary N) is 2. The zero-order valence-electron chi connectivity index (χ0n) is 17.4. The number of hydrogen-bond donors (Lipinski definition) is 3. The maximum absolute atomic E-state index is 5.96. The highest BCUT2D eigenvalue weighted by molar-refractivity contribution is 5.90. The summed E-state index contributed by atoms with van der Waals surface area (Å²) in [5.41, 5.74) is 16.2. The number of benzene rings is 1. The Bertz CT molecular complexity index is 887. The Hall–Kier alpha value is -3.09. The van der Waals surface area contributed by atoms with Gasteiger partial charge >= 0.3 is 0 Å². The summed E-state index contributed by atoms with van der Waals surface area (Å²) >= 11 is 0. The second-order valence-corrected chi connectivity index (χ2v) is 7.35. The number of nitrogens with zero attached hydrogens (tertiary/aromatic N) is 4. The molecule has 0 aliphatic carbocycles. The predicted octanol–water partition coefficient (Wildman–Crippen LogP) is 2.77. The van der Waals surface area contributed by atoms with Crippen LogP contribution in [0.4, 0.5) is 11.6 Å². The molecule has 154 valence electrons. The van der Waals surface area contributed by atoms with Crippen LogP contribution < -0.4 is 16.8 Å². The molecule has 5 N–H and O–H groups in total. The molecule has 0 atom stereocenters. The molecule has 0 unspecified atom stereocenters. The molecule has 0 radical (unpaired) electrons. The molecular weight excluding hydrogens is 362 g/mol. The minimum absolute atomic E-state index is 0.268. The lowest BCUT2D eigenvalue weighted by atomic mass is 10.1. The summed E-state index contributed by atoms with van der Waals surface area (Å²) in [6.45, 7) is 10.7. The molecular formula is C22H31N7. The molecule has 29 heavy (non-hydrogen) atoms. The number of aromatic nitrogens is 2. The van der Waals surface area contributed by atoms with Crippen molar-refractivity contribution in [1.29, 1.82) is 0 Å². The lowest BCUT2D eigenvalue weighted by Crippen LogP contribution is -2.38. The van der Waals surface area contributed by atoms with E-state index in [9.17, 15) is 0 Å². The van der Waals surface area contributed by atoms with Crippen molar-refractivity contribution in [3.05, 3.63) is 53.4 Å². The van der Waals surface area contributed by atoms with Crippen molar-refractivity contribution in [2.45, 2.75) is 39.5 Å². The third-order valence-electron chi connectivity index (χ3n) is 5.19. The van der Waals surface area contributed by atoms with Crippen molar-refractivity contribution in [2.75, 3.05) is 31.1 Å². The van der Waals surface area contributed by atoms with Gasteiger partial charge in [-0.25, -0.2) is 9.97 Å². The van der Waals surface area contributed by atoms with Crippen molar-refractivity contribution in [2.24, 2.45) is 4.99 Å². The van der Waals surface area contributed by atoms with Crippen molar-refractivity contribution in [3.63, 3.8) is 0 Å². The summed E-state index contributed by atoms with van der Waals surface area (Å²) in [5.74, 6) is 1.42. The molecule has 1 aromatic carbocycles. The lowest BCUT2D eigenvalue weighted by molar-refractivity contribution is 0.430. The van der Waals surface area contributed by atoms with Gasteiger partial charge in [0.2, 0.25) is 0 Å². The number of aliphatic imine (C=N–C) groups is 1. The van der Waals surface area contributed by atoms with Crippen LogP contribution in [0, 0.1) is 6.92 Å². The van der Waals surface area contributed by atoms with Crippen LogP contribution in [0.3, 0.4) is 0 Å². The average molecular weight is 394 g/mol. The second kappa shape index (κ2) is 9.41. The Balaban J connectivity index is 1.49. The molecule has 0 saturated heterocycles. The number of hydrogen-bond acceptors (Lipinski definition) is 7. The minimum Gasteiger partial charge on any atom is -0.382 e. The molecule has 7 heteroatoms. The number of unbranched alkanes of at least 4 members (excludes halogenated alkanes) is 1. The monoisotopic (exact) mass is 393 g/mol. The van der Waals surface area contributed by atoms with Gasteiger partial charge in [0.05, 0.1) is 17.9 Å². The molecule has 0 bridgehead atoms. The van der Waals surface area contributed by atoms with Crippen LogP contribution in [0.25, 0.3) is 5.70 Å². The van der Waals surface area contributed by atoms with Crippen molar-refractivity contribution in [3.8, 4) is 0 Å². The standard InChI is InChI=1S/C22H31N7/c1-4-17-8-10-18(11-9-17)7-5-6-13-29-14-12-25-22(29)27-15(2)19-21(24)28-20(23)16(3)26-19/h8-11H,2,4-7,12-14H2,1,3H3,(H,25,27)(H4,23,24,28). The van der Waals surface area contributed by atoms with Gasteiger partial charge in [-0.2, -0.15) is 0 Å². The Morgan fingerprint density at radius 1 is 1.10 bits per heavy atom. The first kappa shape index (κ1) is 20.6. The van der Waals surface area contributed by atoms with Crippen LogP contribution in [-0.4, -0.2) is 40.5 Å². The number of nitrogens with one attached hydrogen (secondary N) is 1. The van der Waals surface area contributed by atoms with Gasteiger partial charge in [0.1, 0.15) is 11.5 Å². The van der Waals surface area contributed by atoms with Crippen LogP contribution in [0.15, 0.2) is 35.8 Å². The second-order valence-electron chi connectivity index (χ2n) is 7.35. The predicted molar refractivity (Wildman–Crippen MR) is 120 cm³/mol. The Kier molecular flexibility index (Phi) is 6.69. The molecule has 2 heterocycles. The van der Waals surface area contributed by atoms with Crippen LogP contribution in [-0.2, 0) is 12.8 Å². The molecule has 0 amide bonds. The fraction of sp³-hybridized carbons (Fsp3) is 0.409. The number of guanidine groups is 1. The summed E-state index contributed by atoms with van der Waals surface area (Å²) in [6.07, 6.45) is 4.43. The summed E-state index contributed by atoms with van der Waals surface area (Å²) < 4.78 is 0. The fourth-order valence-corrected chi connectivity index (χ4v) is 3.35. The third kappa shape index (κ3) is 5.25. The molecule has 1 aliphatic heterocycles. The molecule has 3 rings (SSSR count). The molecule has 0 saturated carbocycles. The zero-order chi connectivity index (χ0) is 20.8. The Morgan fingerprint density at radius 3 is 2.55 bits per heavy atom. The van der Waals surface area contributed by atoms with Crippen LogP contribution >= 0.6 is 0 Å². The van der Waals surface area contributed by atoms with Gasteiger partial charge in [0.25, 0.3) is 0 Å². The van der Waals surface area contributed by atoms with Gasteiger partial charge in [-0.1, -0.05) is 37.8 Å². The number of nitrogen functional groups attached to an aromatic ring is 2. The molecule has 1 aliphatic rings. The number of anilines is 2. The van der Waals surface area contributed by atoms with E-state index in [0.717, 1.165) is 51.3 Å². The van der Waals surface area contributed by atoms with Crippen LogP contribution in [0.1, 0.15) is 42.3 Å². The van der Waals surface area contributed by atoms with E-state index in [1.165, 1.54) is 11.1 Å². The van der Waals surface area contributed by atoms with E-state index < -0.39 is 0 Å². The molecule has 0 spiro atoms. The normalized spacial score (nSPS) is 13.4. The van der Waals surface area contributed by atoms with Gasteiger partial charge in [-0.15, -0.1) is 0 Å². The van der Waals surface area contributed by atoms with E-state index >= 15 is 0 Å². The van der Waals surface area contributed by atoms with Gasteiger partial charge in [0, 0.05) is 13.1 Å². The highest BCUT2D eigenvalue weighted by atomic mass is 15.3. The van der Waals surface area contributed by atoms with Crippen molar-refractivity contribution in [1.82, 2.24) is 20.2 Å². The maximum atomic E-state index is 5.96. The van der Waals surface area contributed by atoms with E-state index in [2.05, 4.69) is 62.9 Å². The minimum atomic E-state index is 0.268. The Morgan fingerprint density at radius 2 is 1.83 bits per heavy atom. The molecule has 2 aromatic rings. The third-order valence-corrected chi connectivity index (χ3v) is 5.19. The smallest absolute Gasteiger partial charge is 0.198 e. The first-order valence-electron chi connectivity index (χ1n) is 10.2. The summed E-state index contributed by atoms with van der Waals surface area (Å²) in [7, 11) is 0.